The Labute approximate surface area is 109 Å². The Morgan fingerprint density at radius 1 is 1.39 bits per heavy atom. The Hall–Kier alpha value is -1.61. The first kappa shape index (κ1) is 12.8. The van der Waals surface area contributed by atoms with E-state index in [1.807, 2.05) is 17.9 Å². The highest BCUT2D eigenvalue weighted by Crippen LogP contribution is 2.13. The summed E-state index contributed by atoms with van der Waals surface area (Å²) < 4.78 is 1.85. The zero-order chi connectivity index (χ0) is 13.0. The van der Waals surface area contributed by atoms with Crippen molar-refractivity contribution in [3.05, 3.63) is 53.3 Å². The third kappa shape index (κ3) is 3.44. The second kappa shape index (κ2) is 5.83. The van der Waals surface area contributed by atoms with Crippen LogP contribution in [0.3, 0.4) is 0 Å². The van der Waals surface area contributed by atoms with Crippen LogP contribution in [-0.4, -0.2) is 16.3 Å². The van der Waals surface area contributed by atoms with Crippen LogP contribution >= 0.6 is 0 Å². The van der Waals surface area contributed by atoms with Crippen molar-refractivity contribution in [2.45, 2.75) is 26.3 Å². The summed E-state index contributed by atoms with van der Waals surface area (Å²) in [4.78, 5) is 0. The maximum absolute atomic E-state index is 4.17. The van der Waals surface area contributed by atoms with Gasteiger partial charge in [-0.2, -0.15) is 5.10 Å². The average Bonchev–Trinajstić information content (AvgIpc) is 2.75. The molecule has 0 saturated heterocycles. The number of rotatable bonds is 5. The number of aryl methyl sites for hydroxylation is 2. The molecule has 18 heavy (non-hydrogen) atoms. The first-order valence-electron chi connectivity index (χ1n) is 6.42. The molecule has 0 aliphatic heterocycles. The van der Waals surface area contributed by atoms with Crippen LogP contribution in [0.15, 0.2) is 36.7 Å². The first-order chi connectivity index (χ1) is 8.65. The molecular formula is C15H21N3. The Bertz CT molecular complexity index is 502. The van der Waals surface area contributed by atoms with Crippen LogP contribution in [0.5, 0.6) is 0 Å². The molecule has 0 spiro atoms. The van der Waals surface area contributed by atoms with Crippen LogP contribution < -0.4 is 5.32 Å². The molecule has 0 fully saturated rings. The molecule has 0 amide bonds. The van der Waals surface area contributed by atoms with Gasteiger partial charge in [0.15, 0.2) is 0 Å². The van der Waals surface area contributed by atoms with Gasteiger partial charge in [-0.3, -0.25) is 4.68 Å². The summed E-state index contributed by atoms with van der Waals surface area (Å²) in [6.07, 6.45) is 5.02. The summed E-state index contributed by atoms with van der Waals surface area (Å²) in [7, 11) is 1.95. The normalized spacial score (nSPS) is 12.6. The number of nitrogens with zero attached hydrogens (tertiary/aromatic N) is 2. The van der Waals surface area contributed by atoms with Gasteiger partial charge in [0.05, 0.1) is 6.20 Å². The minimum absolute atomic E-state index is 0.390. The average molecular weight is 243 g/mol. The number of hydrogen-bond donors (Lipinski definition) is 1. The highest BCUT2D eigenvalue weighted by molar-refractivity contribution is 5.24. The zero-order valence-electron chi connectivity index (χ0n) is 11.4. The molecule has 96 valence electrons. The van der Waals surface area contributed by atoms with Crippen molar-refractivity contribution in [2.75, 3.05) is 6.54 Å². The Morgan fingerprint density at radius 2 is 2.22 bits per heavy atom. The van der Waals surface area contributed by atoms with Gasteiger partial charge in [0.25, 0.3) is 0 Å². The van der Waals surface area contributed by atoms with Gasteiger partial charge in [-0.25, -0.2) is 0 Å². The van der Waals surface area contributed by atoms with Gasteiger partial charge in [0.2, 0.25) is 0 Å². The van der Waals surface area contributed by atoms with E-state index in [9.17, 15) is 0 Å². The van der Waals surface area contributed by atoms with Crippen molar-refractivity contribution in [2.24, 2.45) is 7.05 Å². The van der Waals surface area contributed by atoms with E-state index in [1.54, 1.807) is 0 Å². The summed E-state index contributed by atoms with van der Waals surface area (Å²) in [6, 6.07) is 9.05. The van der Waals surface area contributed by atoms with Gasteiger partial charge in [-0.05, 0) is 37.9 Å². The third-order valence-corrected chi connectivity index (χ3v) is 3.16. The van der Waals surface area contributed by atoms with Crippen LogP contribution in [0, 0.1) is 6.92 Å². The molecule has 1 aromatic carbocycles. The van der Waals surface area contributed by atoms with Gasteiger partial charge < -0.3 is 5.32 Å². The molecule has 0 saturated carbocycles. The fourth-order valence-corrected chi connectivity index (χ4v) is 2.09. The fourth-order valence-electron chi connectivity index (χ4n) is 2.09. The van der Waals surface area contributed by atoms with Crippen molar-refractivity contribution >= 4 is 0 Å². The largest absolute Gasteiger partial charge is 0.310 e. The predicted molar refractivity (Wildman–Crippen MR) is 74.5 cm³/mol. The standard InChI is InChI=1S/C15H21N3/c1-12-5-4-6-15(9-12)13(2)16-8-7-14-10-17-18(3)11-14/h4-6,9-11,13,16H,7-8H2,1-3H3/t13-/m0/s1. The molecule has 3 heteroatoms. The summed E-state index contributed by atoms with van der Waals surface area (Å²) >= 11 is 0. The molecule has 0 unspecified atom stereocenters. The van der Waals surface area contributed by atoms with Crippen molar-refractivity contribution < 1.29 is 0 Å². The Morgan fingerprint density at radius 3 is 2.89 bits per heavy atom. The fraction of sp³-hybridized carbons (Fsp3) is 0.400. The predicted octanol–water partition coefficient (Wildman–Crippen LogP) is 2.62. The van der Waals surface area contributed by atoms with Crippen LogP contribution in [0.4, 0.5) is 0 Å². The molecule has 1 heterocycles. The summed E-state index contributed by atoms with van der Waals surface area (Å²) in [6.45, 7) is 5.31. The minimum Gasteiger partial charge on any atom is -0.310 e. The highest BCUT2D eigenvalue weighted by atomic mass is 15.2. The molecule has 0 bridgehead atoms. The molecular weight excluding hydrogens is 222 g/mol. The molecule has 3 nitrogen and oxygen atoms in total. The number of benzene rings is 1. The van der Waals surface area contributed by atoms with E-state index in [0.717, 1.165) is 13.0 Å². The van der Waals surface area contributed by atoms with E-state index in [0.29, 0.717) is 6.04 Å². The maximum atomic E-state index is 4.17. The highest BCUT2D eigenvalue weighted by Gasteiger charge is 2.04. The lowest BCUT2D eigenvalue weighted by Gasteiger charge is -2.14. The number of hydrogen-bond acceptors (Lipinski definition) is 2. The van der Waals surface area contributed by atoms with Crippen LogP contribution in [0.1, 0.15) is 29.7 Å². The van der Waals surface area contributed by atoms with Crippen molar-refractivity contribution in [1.82, 2.24) is 15.1 Å². The second-order valence-corrected chi connectivity index (χ2v) is 4.86. The van der Waals surface area contributed by atoms with Crippen molar-refractivity contribution in [3.63, 3.8) is 0 Å². The number of nitrogens with one attached hydrogen (secondary N) is 1. The number of aromatic nitrogens is 2. The van der Waals surface area contributed by atoms with Gasteiger partial charge in [-0.1, -0.05) is 29.8 Å². The van der Waals surface area contributed by atoms with E-state index in [-0.39, 0.29) is 0 Å². The first-order valence-corrected chi connectivity index (χ1v) is 6.42. The van der Waals surface area contributed by atoms with Crippen LogP contribution in [0.25, 0.3) is 0 Å². The lowest BCUT2D eigenvalue weighted by atomic mass is 10.1. The molecule has 1 aromatic heterocycles. The molecule has 2 rings (SSSR count). The maximum Gasteiger partial charge on any atom is 0.0522 e. The smallest absolute Gasteiger partial charge is 0.0522 e. The topological polar surface area (TPSA) is 29.9 Å². The van der Waals surface area contributed by atoms with E-state index in [1.165, 1.54) is 16.7 Å². The van der Waals surface area contributed by atoms with Gasteiger partial charge in [0.1, 0.15) is 0 Å². The molecule has 2 aromatic rings. The summed E-state index contributed by atoms with van der Waals surface area (Å²) in [5, 5.41) is 7.72. The third-order valence-electron chi connectivity index (χ3n) is 3.16. The molecule has 1 atom stereocenters. The minimum atomic E-state index is 0.390. The zero-order valence-corrected chi connectivity index (χ0v) is 11.4. The van der Waals surface area contributed by atoms with Gasteiger partial charge >= 0.3 is 0 Å². The van der Waals surface area contributed by atoms with Crippen molar-refractivity contribution in [3.8, 4) is 0 Å². The van der Waals surface area contributed by atoms with E-state index < -0.39 is 0 Å². The van der Waals surface area contributed by atoms with Gasteiger partial charge in [0, 0.05) is 19.3 Å². The van der Waals surface area contributed by atoms with Crippen LogP contribution in [0.2, 0.25) is 0 Å². The van der Waals surface area contributed by atoms with E-state index in [4.69, 9.17) is 0 Å². The van der Waals surface area contributed by atoms with Crippen molar-refractivity contribution in [1.29, 1.82) is 0 Å². The van der Waals surface area contributed by atoms with E-state index in [2.05, 4.69) is 54.7 Å². The summed E-state index contributed by atoms with van der Waals surface area (Å²) in [5.41, 5.74) is 3.94. The Balaban J connectivity index is 1.83. The molecule has 0 aliphatic rings. The van der Waals surface area contributed by atoms with Gasteiger partial charge in [-0.15, -0.1) is 0 Å². The SMILES string of the molecule is Cc1cccc([C@H](C)NCCc2cnn(C)c2)c1. The molecule has 0 aliphatic carbocycles. The van der Waals surface area contributed by atoms with E-state index >= 15 is 0 Å². The Kier molecular flexibility index (Phi) is 4.15. The quantitative estimate of drug-likeness (QED) is 0.875. The molecule has 1 N–H and O–H groups in total. The monoisotopic (exact) mass is 243 g/mol. The summed E-state index contributed by atoms with van der Waals surface area (Å²) in [5.74, 6) is 0. The van der Waals surface area contributed by atoms with Crippen LogP contribution in [-0.2, 0) is 13.5 Å². The lowest BCUT2D eigenvalue weighted by Crippen LogP contribution is -2.21. The second-order valence-electron chi connectivity index (χ2n) is 4.86. The lowest BCUT2D eigenvalue weighted by molar-refractivity contribution is 0.576. The molecule has 0 radical (unpaired) electrons.